The molecule has 1 aromatic rings. The van der Waals surface area contributed by atoms with E-state index in [1.165, 1.54) is 7.11 Å². The minimum atomic E-state index is -0.627. The van der Waals surface area contributed by atoms with Crippen LogP contribution < -0.4 is 14.8 Å². The first kappa shape index (κ1) is 19.3. The molecule has 0 spiro atoms. The second-order valence-corrected chi connectivity index (χ2v) is 6.90. The summed E-state index contributed by atoms with van der Waals surface area (Å²) in [5, 5.41) is 12.3. The Morgan fingerprint density at radius 1 is 1.48 bits per heavy atom. The number of rotatable bonds is 5. The van der Waals surface area contributed by atoms with Gasteiger partial charge >= 0.3 is 6.09 Å². The zero-order valence-corrected chi connectivity index (χ0v) is 15.2. The van der Waals surface area contributed by atoms with Crippen LogP contribution in [0.1, 0.15) is 39.3 Å². The maximum atomic E-state index is 12.2. The van der Waals surface area contributed by atoms with Gasteiger partial charge in [0, 0.05) is 11.6 Å². The lowest BCUT2D eigenvalue weighted by Gasteiger charge is -2.34. The summed E-state index contributed by atoms with van der Waals surface area (Å²) in [7, 11) is 1.52. The fraction of sp³-hybridized carbons (Fsp3) is 0.647. The topological polar surface area (TPSA) is 99.1 Å². The Bertz CT molecular complexity index is 599. The third-order valence-corrected chi connectivity index (χ3v) is 3.39. The van der Waals surface area contributed by atoms with Gasteiger partial charge in [0.25, 0.3) is 0 Å². The van der Waals surface area contributed by atoms with Gasteiger partial charge in [0.15, 0.2) is 0 Å². The number of hydrogen-bond donors (Lipinski definition) is 2. The van der Waals surface area contributed by atoms with Gasteiger partial charge in [-0.2, -0.15) is 4.98 Å². The second-order valence-electron chi connectivity index (χ2n) is 6.90. The monoisotopic (exact) mass is 354 g/mol. The van der Waals surface area contributed by atoms with Crippen molar-refractivity contribution in [3.63, 3.8) is 0 Å². The fourth-order valence-corrected chi connectivity index (χ4v) is 2.37. The Hall–Kier alpha value is -2.06. The molecule has 1 aromatic heterocycles. The number of nitrogens with zero attached hydrogens (tertiary/aromatic N) is 1. The summed E-state index contributed by atoms with van der Waals surface area (Å²) < 4.78 is 21.8. The van der Waals surface area contributed by atoms with Crippen molar-refractivity contribution in [2.75, 3.05) is 20.3 Å². The Morgan fingerprint density at radius 3 is 2.80 bits per heavy atom. The molecule has 0 aliphatic carbocycles. The maximum Gasteiger partial charge on any atom is 0.408 e. The van der Waals surface area contributed by atoms with Crippen LogP contribution >= 0.6 is 0 Å². The number of nitrogens with one attached hydrogen (secondary N) is 1. The van der Waals surface area contributed by atoms with Crippen LogP contribution in [0.3, 0.4) is 0 Å². The average molecular weight is 354 g/mol. The van der Waals surface area contributed by atoms with Crippen molar-refractivity contribution in [2.45, 2.75) is 51.5 Å². The highest BCUT2D eigenvalue weighted by molar-refractivity contribution is 5.68. The summed E-state index contributed by atoms with van der Waals surface area (Å²) in [6, 6.07) is 2.93. The Labute approximate surface area is 147 Å². The van der Waals surface area contributed by atoms with E-state index in [9.17, 15) is 9.90 Å². The van der Waals surface area contributed by atoms with E-state index < -0.39 is 29.9 Å². The number of amides is 1. The molecule has 1 aliphatic rings. The molecule has 8 heteroatoms. The summed E-state index contributed by atoms with van der Waals surface area (Å²) in [4.78, 5) is 16.5. The molecule has 140 valence electrons. The average Bonchev–Trinajstić information content (AvgIpc) is 2.51. The molecule has 0 radical (unpaired) electrons. The number of hydrogen-bond acceptors (Lipinski definition) is 7. The van der Waals surface area contributed by atoms with Crippen molar-refractivity contribution in [3.05, 3.63) is 17.7 Å². The molecular formula is C17H26N2O6. The van der Waals surface area contributed by atoms with Crippen LogP contribution in [0, 0.1) is 0 Å². The minimum absolute atomic E-state index is 0.124. The van der Waals surface area contributed by atoms with Crippen molar-refractivity contribution in [3.8, 4) is 11.8 Å². The van der Waals surface area contributed by atoms with Crippen molar-refractivity contribution in [2.24, 2.45) is 0 Å². The van der Waals surface area contributed by atoms with E-state index in [1.54, 1.807) is 39.8 Å². The van der Waals surface area contributed by atoms with Gasteiger partial charge in [0.1, 0.15) is 18.3 Å². The Kier molecular flexibility index (Phi) is 6.07. The molecule has 3 atom stereocenters. The highest BCUT2D eigenvalue weighted by Gasteiger charge is 2.35. The predicted octanol–water partition coefficient (Wildman–Crippen LogP) is 1.81. The largest absolute Gasteiger partial charge is 0.481 e. The number of methoxy groups -OCH3 is 1. The van der Waals surface area contributed by atoms with E-state index in [1.807, 2.05) is 0 Å². The lowest BCUT2D eigenvalue weighted by molar-refractivity contribution is -0.0497. The number of alkyl carbamates (subject to hydrolysis) is 1. The highest BCUT2D eigenvalue weighted by atomic mass is 16.6. The molecule has 0 aromatic carbocycles. The molecular weight excluding hydrogens is 328 g/mol. The lowest BCUT2D eigenvalue weighted by Crippen LogP contribution is -2.45. The molecule has 25 heavy (non-hydrogen) atoms. The fourth-order valence-electron chi connectivity index (χ4n) is 2.37. The predicted molar refractivity (Wildman–Crippen MR) is 89.8 cm³/mol. The van der Waals surface area contributed by atoms with E-state index in [2.05, 4.69) is 10.3 Å². The van der Waals surface area contributed by atoms with Crippen LogP contribution in [0.25, 0.3) is 0 Å². The summed E-state index contributed by atoms with van der Waals surface area (Å²) in [6.07, 6.45) is -1.67. The number of fused-ring (bicyclic) bond motifs is 1. The summed E-state index contributed by atoms with van der Waals surface area (Å²) >= 11 is 0. The van der Waals surface area contributed by atoms with Gasteiger partial charge < -0.3 is 29.4 Å². The second kappa shape index (κ2) is 7.88. The molecule has 1 amide bonds. The maximum absolute atomic E-state index is 12.2. The van der Waals surface area contributed by atoms with Crippen molar-refractivity contribution in [1.82, 2.24) is 10.3 Å². The van der Waals surface area contributed by atoms with E-state index in [4.69, 9.17) is 18.9 Å². The summed E-state index contributed by atoms with van der Waals surface area (Å²) in [5.74, 6) is 0.787. The van der Waals surface area contributed by atoms with Crippen LogP contribution in [-0.4, -0.2) is 54.3 Å². The van der Waals surface area contributed by atoms with E-state index >= 15 is 0 Å². The third-order valence-electron chi connectivity index (χ3n) is 3.39. The minimum Gasteiger partial charge on any atom is -0.481 e. The normalized spacial score (nSPS) is 20.9. The van der Waals surface area contributed by atoms with Gasteiger partial charge in [-0.1, -0.05) is 0 Å². The number of pyridine rings is 1. The van der Waals surface area contributed by atoms with Gasteiger partial charge in [-0.05, 0) is 33.8 Å². The molecule has 0 saturated carbocycles. The molecule has 8 nitrogen and oxygen atoms in total. The molecule has 2 rings (SSSR count). The van der Waals surface area contributed by atoms with Crippen LogP contribution in [0.4, 0.5) is 4.79 Å². The van der Waals surface area contributed by atoms with Gasteiger partial charge in [0.05, 0.1) is 25.9 Å². The number of aromatic nitrogens is 1. The van der Waals surface area contributed by atoms with Gasteiger partial charge in [0.2, 0.25) is 11.8 Å². The third kappa shape index (κ3) is 5.47. The SMILES string of the molecule is COc1ccc2c(n1)OC[C@H](OC[C@H](C)O)[C@@H]2NC(=O)OC(C)(C)C. The Balaban J connectivity index is 2.22. The molecule has 0 unspecified atom stereocenters. The highest BCUT2D eigenvalue weighted by Crippen LogP contribution is 2.34. The number of aliphatic hydroxyl groups is 1. The van der Waals surface area contributed by atoms with E-state index in [0.29, 0.717) is 17.3 Å². The van der Waals surface area contributed by atoms with Gasteiger partial charge in [-0.25, -0.2) is 4.79 Å². The number of aliphatic hydroxyl groups excluding tert-OH is 1. The molecule has 0 saturated heterocycles. The van der Waals surface area contributed by atoms with E-state index in [-0.39, 0.29) is 13.2 Å². The van der Waals surface area contributed by atoms with E-state index in [0.717, 1.165) is 0 Å². The molecule has 2 heterocycles. The standard InChI is InChI=1S/C17H26N2O6/c1-10(20)8-23-12-9-24-15-11(6-7-13(18-15)22-5)14(12)19-16(21)25-17(2,3)4/h6-7,10,12,14,20H,8-9H2,1-5H3,(H,19,21)/t10-,12-,14+/m0/s1. The molecule has 0 bridgehead atoms. The first-order valence-electron chi connectivity index (χ1n) is 8.16. The summed E-state index contributed by atoms with van der Waals surface area (Å²) in [6.45, 7) is 7.30. The molecule has 0 fully saturated rings. The first-order valence-corrected chi connectivity index (χ1v) is 8.16. The summed E-state index contributed by atoms with van der Waals surface area (Å²) in [5.41, 5.74) is 0.0418. The first-order chi connectivity index (χ1) is 11.7. The smallest absolute Gasteiger partial charge is 0.408 e. The zero-order chi connectivity index (χ0) is 18.6. The van der Waals surface area contributed by atoms with Crippen molar-refractivity contribution < 1.29 is 28.8 Å². The Morgan fingerprint density at radius 2 is 2.20 bits per heavy atom. The molecule has 1 aliphatic heterocycles. The number of carbonyl (C=O) groups excluding carboxylic acids is 1. The van der Waals surface area contributed by atoms with Crippen LogP contribution in [0.15, 0.2) is 12.1 Å². The number of ether oxygens (including phenoxy) is 4. The van der Waals surface area contributed by atoms with Crippen LogP contribution in [0.2, 0.25) is 0 Å². The van der Waals surface area contributed by atoms with Crippen molar-refractivity contribution >= 4 is 6.09 Å². The molecule has 2 N–H and O–H groups in total. The number of carbonyl (C=O) groups is 1. The van der Waals surface area contributed by atoms with Gasteiger partial charge in [-0.3, -0.25) is 0 Å². The van der Waals surface area contributed by atoms with Crippen LogP contribution in [0.5, 0.6) is 11.8 Å². The quantitative estimate of drug-likeness (QED) is 0.832. The van der Waals surface area contributed by atoms with Gasteiger partial charge in [-0.15, -0.1) is 0 Å². The van der Waals surface area contributed by atoms with Crippen molar-refractivity contribution in [1.29, 1.82) is 0 Å². The lowest BCUT2D eigenvalue weighted by atomic mass is 10.0. The zero-order valence-electron chi connectivity index (χ0n) is 15.2. The van der Waals surface area contributed by atoms with Crippen LogP contribution in [-0.2, 0) is 9.47 Å².